The van der Waals surface area contributed by atoms with Gasteiger partial charge >= 0.3 is 0 Å². The smallest absolute Gasteiger partial charge is 0.227 e. The summed E-state index contributed by atoms with van der Waals surface area (Å²) in [5.41, 5.74) is 2.56. The Morgan fingerprint density at radius 1 is 1.07 bits per heavy atom. The minimum Gasteiger partial charge on any atom is -0.439 e. The largest absolute Gasteiger partial charge is 0.439 e. The lowest BCUT2D eigenvalue weighted by Gasteiger charge is -2.12. The molecule has 0 aliphatic rings. The molecule has 0 spiro atoms. The molecule has 2 aromatic heterocycles. The highest BCUT2D eigenvalue weighted by Gasteiger charge is 2.19. The van der Waals surface area contributed by atoms with Gasteiger partial charge in [-0.25, -0.2) is 9.07 Å². The van der Waals surface area contributed by atoms with Crippen LogP contribution in [0, 0.1) is 12.7 Å². The molecule has 4 aromatic rings. The van der Waals surface area contributed by atoms with Crippen molar-refractivity contribution in [3.8, 4) is 17.3 Å². The summed E-state index contributed by atoms with van der Waals surface area (Å²) in [5, 5.41) is 15.8. The fraction of sp³-hybridized carbons (Fsp3) is 0.150. The van der Waals surface area contributed by atoms with E-state index in [1.807, 2.05) is 44.3 Å². The zero-order valence-electron chi connectivity index (χ0n) is 15.5. The quantitative estimate of drug-likeness (QED) is 0.552. The second kappa shape index (κ2) is 7.51. The summed E-state index contributed by atoms with van der Waals surface area (Å²) in [6, 6.07) is 15.6. The van der Waals surface area contributed by atoms with E-state index in [1.165, 1.54) is 12.1 Å². The third kappa shape index (κ3) is 3.57. The summed E-state index contributed by atoms with van der Waals surface area (Å²) in [5.74, 6) is 1.41. The van der Waals surface area contributed by atoms with E-state index in [9.17, 15) is 4.39 Å². The van der Waals surface area contributed by atoms with Crippen LogP contribution in [-0.4, -0.2) is 24.5 Å². The number of anilines is 1. The number of aryl methyl sites for hydroxylation is 2. The van der Waals surface area contributed by atoms with E-state index in [-0.39, 0.29) is 5.82 Å². The molecular formula is C20H19FN6O. The van der Waals surface area contributed by atoms with Gasteiger partial charge in [-0.1, -0.05) is 18.2 Å². The highest BCUT2D eigenvalue weighted by atomic mass is 19.1. The normalized spacial score (nSPS) is 10.8. The summed E-state index contributed by atoms with van der Waals surface area (Å²) in [7, 11) is 1.86. The molecule has 2 aromatic carbocycles. The van der Waals surface area contributed by atoms with Crippen molar-refractivity contribution in [3.63, 3.8) is 0 Å². The Morgan fingerprint density at radius 2 is 1.82 bits per heavy atom. The summed E-state index contributed by atoms with van der Waals surface area (Å²) >= 11 is 0. The molecule has 4 rings (SSSR count). The van der Waals surface area contributed by atoms with Crippen LogP contribution in [0.1, 0.15) is 11.3 Å². The van der Waals surface area contributed by atoms with Crippen molar-refractivity contribution >= 4 is 5.95 Å². The Bertz CT molecular complexity index is 1070. The van der Waals surface area contributed by atoms with E-state index in [0.717, 1.165) is 16.9 Å². The summed E-state index contributed by atoms with van der Waals surface area (Å²) in [6.07, 6.45) is 1.62. The van der Waals surface area contributed by atoms with Crippen LogP contribution in [0.4, 0.5) is 10.3 Å². The van der Waals surface area contributed by atoms with Crippen LogP contribution in [0.15, 0.2) is 60.9 Å². The molecule has 0 atom stereocenters. The van der Waals surface area contributed by atoms with Gasteiger partial charge in [-0.3, -0.25) is 0 Å². The molecule has 0 fully saturated rings. The van der Waals surface area contributed by atoms with Crippen molar-refractivity contribution in [2.75, 3.05) is 5.32 Å². The van der Waals surface area contributed by atoms with Gasteiger partial charge in [-0.05, 0) is 43.3 Å². The van der Waals surface area contributed by atoms with Crippen LogP contribution < -0.4 is 10.1 Å². The van der Waals surface area contributed by atoms with Crippen LogP contribution in [0.3, 0.4) is 0 Å². The van der Waals surface area contributed by atoms with Crippen LogP contribution in [0.2, 0.25) is 0 Å². The molecule has 28 heavy (non-hydrogen) atoms. The number of nitrogens with one attached hydrogen (secondary N) is 1. The number of rotatable bonds is 6. The predicted octanol–water partition coefficient (Wildman–Crippen LogP) is 3.85. The Hall–Kier alpha value is -3.68. The third-order valence-electron chi connectivity index (χ3n) is 4.30. The molecule has 0 bridgehead atoms. The lowest BCUT2D eigenvalue weighted by atomic mass is 10.2. The van der Waals surface area contributed by atoms with E-state index in [2.05, 4.69) is 20.6 Å². The molecule has 0 aliphatic heterocycles. The van der Waals surface area contributed by atoms with Crippen molar-refractivity contribution in [2.24, 2.45) is 7.05 Å². The minimum absolute atomic E-state index is 0.315. The average Bonchev–Trinajstić information content (AvgIpc) is 3.25. The Morgan fingerprint density at radius 3 is 2.50 bits per heavy atom. The fourth-order valence-electron chi connectivity index (χ4n) is 2.82. The van der Waals surface area contributed by atoms with E-state index >= 15 is 0 Å². The van der Waals surface area contributed by atoms with Gasteiger partial charge in [0.15, 0.2) is 0 Å². The number of hydrogen-bond acceptors (Lipinski definition) is 5. The van der Waals surface area contributed by atoms with Gasteiger partial charge in [0.2, 0.25) is 11.8 Å². The zero-order valence-corrected chi connectivity index (χ0v) is 15.5. The molecule has 0 unspecified atom stereocenters. The number of para-hydroxylation sites is 1. The lowest BCUT2D eigenvalue weighted by Crippen LogP contribution is -2.07. The van der Waals surface area contributed by atoms with Crippen LogP contribution >= 0.6 is 0 Å². The second-order valence-electron chi connectivity index (χ2n) is 6.29. The van der Waals surface area contributed by atoms with Gasteiger partial charge in [0.25, 0.3) is 0 Å². The van der Waals surface area contributed by atoms with Gasteiger partial charge < -0.3 is 14.6 Å². The monoisotopic (exact) mass is 378 g/mol. The van der Waals surface area contributed by atoms with Crippen LogP contribution in [0.5, 0.6) is 11.6 Å². The molecular weight excluding hydrogens is 359 g/mol. The number of halogens is 1. The van der Waals surface area contributed by atoms with E-state index in [1.54, 1.807) is 27.7 Å². The highest BCUT2D eigenvalue weighted by molar-refractivity contribution is 5.44. The Balaban J connectivity index is 1.72. The standard InChI is InChI=1S/C20H19FN6O/c1-14-18(12-22-20-24-23-13-26(20)2)19(28-17-10-8-15(21)9-11-17)27(25-14)16-6-4-3-5-7-16/h3-11,13H,12H2,1-2H3,(H,22,24). The summed E-state index contributed by atoms with van der Waals surface area (Å²) in [4.78, 5) is 0. The third-order valence-corrected chi connectivity index (χ3v) is 4.30. The number of nitrogens with zero attached hydrogens (tertiary/aromatic N) is 5. The summed E-state index contributed by atoms with van der Waals surface area (Å²) in [6.45, 7) is 2.37. The molecule has 1 N–H and O–H groups in total. The highest BCUT2D eigenvalue weighted by Crippen LogP contribution is 2.31. The van der Waals surface area contributed by atoms with Gasteiger partial charge in [0.1, 0.15) is 17.9 Å². The van der Waals surface area contributed by atoms with Crippen LogP contribution in [-0.2, 0) is 13.6 Å². The molecule has 7 nitrogen and oxygen atoms in total. The first-order chi connectivity index (χ1) is 13.6. The SMILES string of the molecule is Cc1nn(-c2ccccc2)c(Oc2ccc(F)cc2)c1CNc1nncn1C. The molecule has 8 heteroatoms. The van der Waals surface area contributed by atoms with E-state index in [0.29, 0.717) is 24.1 Å². The molecule has 142 valence electrons. The maximum atomic E-state index is 13.3. The molecule has 0 aliphatic carbocycles. The first kappa shape index (κ1) is 17.7. The Labute approximate surface area is 161 Å². The molecule has 0 saturated heterocycles. The summed E-state index contributed by atoms with van der Waals surface area (Å²) < 4.78 is 22.9. The van der Waals surface area contributed by atoms with Crippen molar-refractivity contribution in [1.29, 1.82) is 0 Å². The maximum Gasteiger partial charge on any atom is 0.227 e. The maximum absolute atomic E-state index is 13.3. The van der Waals surface area contributed by atoms with E-state index in [4.69, 9.17) is 4.74 Å². The van der Waals surface area contributed by atoms with Crippen molar-refractivity contribution < 1.29 is 9.13 Å². The number of ether oxygens (including phenoxy) is 1. The zero-order chi connectivity index (χ0) is 19.5. The number of benzene rings is 2. The van der Waals surface area contributed by atoms with Crippen molar-refractivity contribution in [3.05, 3.63) is 78.0 Å². The topological polar surface area (TPSA) is 69.8 Å². The minimum atomic E-state index is -0.315. The van der Waals surface area contributed by atoms with Gasteiger partial charge in [-0.2, -0.15) is 5.10 Å². The lowest BCUT2D eigenvalue weighted by molar-refractivity contribution is 0.438. The first-order valence-corrected chi connectivity index (χ1v) is 8.77. The van der Waals surface area contributed by atoms with Crippen molar-refractivity contribution in [2.45, 2.75) is 13.5 Å². The van der Waals surface area contributed by atoms with Crippen molar-refractivity contribution in [1.82, 2.24) is 24.5 Å². The average molecular weight is 378 g/mol. The number of aromatic nitrogens is 5. The van der Waals surface area contributed by atoms with Gasteiger partial charge in [0.05, 0.1) is 23.5 Å². The van der Waals surface area contributed by atoms with Crippen LogP contribution in [0.25, 0.3) is 5.69 Å². The van der Waals surface area contributed by atoms with Gasteiger partial charge in [-0.15, -0.1) is 10.2 Å². The molecule has 0 amide bonds. The van der Waals surface area contributed by atoms with Gasteiger partial charge in [0, 0.05) is 7.05 Å². The molecule has 0 radical (unpaired) electrons. The molecule has 2 heterocycles. The molecule has 0 saturated carbocycles. The van der Waals surface area contributed by atoms with E-state index < -0.39 is 0 Å². The second-order valence-corrected chi connectivity index (χ2v) is 6.29. The predicted molar refractivity (Wildman–Crippen MR) is 103 cm³/mol. The number of hydrogen-bond donors (Lipinski definition) is 1. The first-order valence-electron chi connectivity index (χ1n) is 8.77. The fourth-order valence-corrected chi connectivity index (χ4v) is 2.82. The Kier molecular flexibility index (Phi) is 4.76.